The Bertz CT molecular complexity index is 907. The molecule has 0 aliphatic heterocycles. The van der Waals surface area contributed by atoms with Gasteiger partial charge in [0.2, 0.25) is 5.91 Å². The van der Waals surface area contributed by atoms with Crippen LogP contribution < -0.4 is 4.90 Å². The molecule has 0 atom stereocenters. The summed E-state index contributed by atoms with van der Waals surface area (Å²) in [6.07, 6.45) is 2.67. The molecule has 1 aromatic carbocycles. The largest absolute Gasteiger partial charge is 0.383 e. The Morgan fingerprint density at radius 2 is 2.11 bits per heavy atom. The van der Waals surface area contributed by atoms with Crippen molar-refractivity contribution in [2.75, 3.05) is 18.6 Å². The van der Waals surface area contributed by atoms with Crippen LogP contribution >= 0.6 is 23.1 Å². The van der Waals surface area contributed by atoms with E-state index in [-0.39, 0.29) is 5.91 Å². The molecule has 28 heavy (non-hydrogen) atoms. The molecular formula is C19H23N5O2S2. The van der Waals surface area contributed by atoms with Crippen molar-refractivity contribution < 1.29 is 9.53 Å². The van der Waals surface area contributed by atoms with Crippen LogP contribution in [-0.4, -0.2) is 39.4 Å². The minimum Gasteiger partial charge on any atom is -0.383 e. The zero-order valence-electron chi connectivity index (χ0n) is 16.2. The molecule has 9 heteroatoms. The fourth-order valence-electron chi connectivity index (χ4n) is 2.61. The third kappa shape index (κ3) is 4.98. The topological polar surface area (TPSA) is 73.1 Å². The van der Waals surface area contributed by atoms with Crippen molar-refractivity contribution in [2.45, 2.75) is 37.7 Å². The van der Waals surface area contributed by atoms with Crippen molar-refractivity contribution in [1.82, 2.24) is 19.7 Å². The minimum absolute atomic E-state index is 0.0582. The number of thioether (sulfide) groups is 1. The molecule has 0 aliphatic carbocycles. The summed E-state index contributed by atoms with van der Waals surface area (Å²) in [5, 5.41) is 11.6. The number of carbonyl (C=O) groups excluding carboxylic acids is 1. The molecule has 7 nitrogen and oxygen atoms in total. The molecular weight excluding hydrogens is 394 g/mol. The fourth-order valence-corrected chi connectivity index (χ4v) is 4.44. The summed E-state index contributed by atoms with van der Waals surface area (Å²) >= 11 is 3.03. The molecule has 0 bridgehead atoms. The van der Waals surface area contributed by atoms with E-state index in [1.165, 1.54) is 16.9 Å². The number of benzene rings is 1. The Morgan fingerprint density at radius 1 is 1.32 bits per heavy atom. The van der Waals surface area contributed by atoms with E-state index >= 15 is 0 Å². The van der Waals surface area contributed by atoms with Crippen LogP contribution in [-0.2, 0) is 28.2 Å². The lowest BCUT2D eigenvalue weighted by Crippen LogP contribution is -2.22. The van der Waals surface area contributed by atoms with Gasteiger partial charge in [0, 0.05) is 31.7 Å². The highest BCUT2D eigenvalue weighted by Gasteiger charge is 2.18. The van der Waals surface area contributed by atoms with Gasteiger partial charge in [-0.15, -0.1) is 21.5 Å². The van der Waals surface area contributed by atoms with Gasteiger partial charge in [-0.3, -0.25) is 9.69 Å². The predicted molar refractivity (Wildman–Crippen MR) is 112 cm³/mol. The Kier molecular flexibility index (Phi) is 7.18. The van der Waals surface area contributed by atoms with Gasteiger partial charge in [-0.2, -0.15) is 0 Å². The van der Waals surface area contributed by atoms with Crippen molar-refractivity contribution >= 4 is 39.8 Å². The highest BCUT2D eigenvalue weighted by molar-refractivity contribution is 7.98. The average molecular weight is 418 g/mol. The molecule has 0 fully saturated rings. The van der Waals surface area contributed by atoms with Gasteiger partial charge in [-0.05, 0) is 24.1 Å². The van der Waals surface area contributed by atoms with Crippen molar-refractivity contribution in [3.63, 3.8) is 0 Å². The normalized spacial score (nSPS) is 11.0. The SMILES string of the molecule is CCc1ccc(N(C(C)=O)c2nc(CSc3nncn3CCOC)cs2)cc1. The van der Waals surface area contributed by atoms with E-state index in [1.807, 2.05) is 34.2 Å². The monoisotopic (exact) mass is 417 g/mol. The Hall–Kier alpha value is -2.23. The Labute approximate surface area is 172 Å². The van der Waals surface area contributed by atoms with Crippen LogP contribution in [0.25, 0.3) is 0 Å². The molecule has 0 saturated heterocycles. The molecule has 148 valence electrons. The molecule has 2 heterocycles. The van der Waals surface area contributed by atoms with Crippen molar-refractivity contribution in [2.24, 2.45) is 0 Å². The van der Waals surface area contributed by atoms with Crippen LogP contribution in [0.4, 0.5) is 10.8 Å². The van der Waals surface area contributed by atoms with Crippen LogP contribution in [0, 0.1) is 0 Å². The number of carbonyl (C=O) groups is 1. The zero-order chi connectivity index (χ0) is 19.9. The molecule has 0 spiro atoms. The molecule has 0 N–H and O–H groups in total. The molecule has 2 aromatic heterocycles. The summed E-state index contributed by atoms with van der Waals surface area (Å²) in [5.74, 6) is 0.597. The first-order valence-electron chi connectivity index (χ1n) is 8.96. The van der Waals surface area contributed by atoms with E-state index in [4.69, 9.17) is 4.74 Å². The van der Waals surface area contributed by atoms with Gasteiger partial charge >= 0.3 is 0 Å². The number of hydrogen-bond acceptors (Lipinski definition) is 7. The van der Waals surface area contributed by atoms with E-state index in [9.17, 15) is 4.79 Å². The standard InChI is InChI=1S/C19H23N5O2S2/c1-4-15-5-7-17(8-6-15)24(14(2)25)18-21-16(11-27-18)12-28-19-22-20-13-23(19)9-10-26-3/h5-8,11,13H,4,9-10,12H2,1-3H3. The number of hydrogen-bond donors (Lipinski definition) is 0. The van der Waals surface area contributed by atoms with E-state index in [0.29, 0.717) is 24.0 Å². The number of rotatable bonds is 9. The summed E-state index contributed by atoms with van der Waals surface area (Å²) in [5.41, 5.74) is 2.97. The first kappa shape index (κ1) is 20.5. The summed E-state index contributed by atoms with van der Waals surface area (Å²) in [7, 11) is 1.67. The van der Waals surface area contributed by atoms with Gasteiger partial charge in [-0.25, -0.2) is 4.98 Å². The summed E-state index contributed by atoms with van der Waals surface area (Å²) < 4.78 is 7.06. The second kappa shape index (κ2) is 9.81. The quantitative estimate of drug-likeness (QED) is 0.491. The van der Waals surface area contributed by atoms with Gasteiger partial charge in [0.05, 0.1) is 18.0 Å². The van der Waals surface area contributed by atoms with E-state index in [0.717, 1.165) is 23.0 Å². The zero-order valence-corrected chi connectivity index (χ0v) is 17.8. The number of ether oxygens (including phenoxy) is 1. The lowest BCUT2D eigenvalue weighted by Gasteiger charge is -2.18. The van der Waals surface area contributed by atoms with Crippen molar-refractivity contribution in [3.05, 3.63) is 47.2 Å². The lowest BCUT2D eigenvalue weighted by atomic mass is 10.1. The van der Waals surface area contributed by atoms with E-state index < -0.39 is 0 Å². The molecule has 0 radical (unpaired) electrons. The number of methoxy groups -OCH3 is 1. The molecule has 3 rings (SSSR count). The van der Waals surface area contributed by atoms with Gasteiger partial charge in [0.15, 0.2) is 10.3 Å². The summed E-state index contributed by atoms with van der Waals surface area (Å²) in [6.45, 7) is 4.98. The predicted octanol–water partition coefficient (Wildman–Crippen LogP) is 3.92. The number of aryl methyl sites for hydroxylation is 1. The Morgan fingerprint density at radius 3 is 2.79 bits per heavy atom. The van der Waals surface area contributed by atoms with Crippen LogP contribution in [0.5, 0.6) is 0 Å². The molecule has 0 saturated carbocycles. The van der Waals surface area contributed by atoms with Crippen LogP contribution in [0.3, 0.4) is 0 Å². The van der Waals surface area contributed by atoms with Gasteiger partial charge in [-0.1, -0.05) is 30.8 Å². The van der Waals surface area contributed by atoms with Gasteiger partial charge in [0.25, 0.3) is 0 Å². The number of anilines is 2. The minimum atomic E-state index is -0.0582. The third-order valence-corrected chi connectivity index (χ3v) is 6.00. The maximum atomic E-state index is 12.3. The summed E-state index contributed by atoms with van der Waals surface area (Å²) in [4.78, 5) is 18.6. The average Bonchev–Trinajstić information content (AvgIpc) is 3.34. The van der Waals surface area contributed by atoms with Gasteiger partial charge in [0.1, 0.15) is 6.33 Å². The highest BCUT2D eigenvalue weighted by Crippen LogP contribution is 2.31. The van der Waals surface area contributed by atoms with E-state index in [1.54, 1.807) is 37.0 Å². The lowest BCUT2D eigenvalue weighted by molar-refractivity contribution is -0.115. The second-order valence-electron chi connectivity index (χ2n) is 6.08. The molecule has 0 aliphatic rings. The number of thiazole rings is 1. The van der Waals surface area contributed by atoms with Gasteiger partial charge < -0.3 is 9.30 Å². The highest BCUT2D eigenvalue weighted by atomic mass is 32.2. The molecule has 1 amide bonds. The van der Waals surface area contributed by atoms with Crippen LogP contribution in [0.15, 0.2) is 41.1 Å². The van der Waals surface area contributed by atoms with Crippen LogP contribution in [0.2, 0.25) is 0 Å². The third-order valence-electron chi connectivity index (χ3n) is 4.11. The number of nitrogens with zero attached hydrogens (tertiary/aromatic N) is 5. The summed E-state index contributed by atoms with van der Waals surface area (Å²) in [6, 6.07) is 8.02. The second-order valence-corrected chi connectivity index (χ2v) is 7.86. The smallest absolute Gasteiger partial charge is 0.230 e. The van der Waals surface area contributed by atoms with E-state index in [2.05, 4.69) is 22.1 Å². The molecule has 3 aromatic rings. The maximum absolute atomic E-state index is 12.3. The molecule has 0 unspecified atom stereocenters. The fraction of sp³-hybridized carbons (Fsp3) is 0.368. The first-order chi connectivity index (χ1) is 13.6. The maximum Gasteiger partial charge on any atom is 0.230 e. The first-order valence-corrected chi connectivity index (χ1v) is 10.8. The Balaban J connectivity index is 1.71. The van der Waals surface area contributed by atoms with Crippen molar-refractivity contribution in [3.8, 4) is 0 Å². The number of amides is 1. The van der Waals surface area contributed by atoms with Crippen LogP contribution in [0.1, 0.15) is 25.1 Å². The van der Waals surface area contributed by atoms with Crippen molar-refractivity contribution in [1.29, 1.82) is 0 Å². The number of aromatic nitrogens is 4.